The van der Waals surface area contributed by atoms with Gasteiger partial charge in [-0.3, -0.25) is 4.90 Å². The summed E-state index contributed by atoms with van der Waals surface area (Å²) in [6.07, 6.45) is 3.36. The van der Waals surface area contributed by atoms with Gasteiger partial charge in [0.05, 0.1) is 0 Å². The summed E-state index contributed by atoms with van der Waals surface area (Å²) in [5.41, 5.74) is 8.78. The van der Waals surface area contributed by atoms with Crippen molar-refractivity contribution in [2.24, 2.45) is 0 Å². The van der Waals surface area contributed by atoms with Gasteiger partial charge in [-0.2, -0.15) is 0 Å². The molecule has 3 N–H and O–H groups in total. The first-order valence-corrected chi connectivity index (χ1v) is 5.60. The summed E-state index contributed by atoms with van der Waals surface area (Å²) in [5.74, 6) is 0.334. The van der Waals surface area contributed by atoms with Gasteiger partial charge in [0.15, 0.2) is 0 Å². The van der Waals surface area contributed by atoms with Gasteiger partial charge in [-0.15, -0.1) is 0 Å². The Kier molecular flexibility index (Phi) is 3.15. The number of aromatic hydroxyl groups is 1. The molecular formula is C13H18N2O. The van der Waals surface area contributed by atoms with Crippen LogP contribution in [0.1, 0.15) is 18.9 Å². The van der Waals surface area contributed by atoms with Crippen LogP contribution in [0.25, 0.3) is 0 Å². The highest BCUT2D eigenvalue weighted by Crippen LogP contribution is 2.22. The number of hydrogen-bond donors (Lipinski definition) is 2. The second-order valence-corrected chi connectivity index (χ2v) is 4.42. The lowest BCUT2D eigenvalue weighted by Gasteiger charge is -2.25. The van der Waals surface area contributed by atoms with Gasteiger partial charge >= 0.3 is 0 Å². The van der Waals surface area contributed by atoms with Crippen molar-refractivity contribution < 1.29 is 5.11 Å². The van der Waals surface area contributed by atoms with Gasteiger partial charge in [0.25, 0.3) is 0 Å². The smallest absolute Gasteiger partial charge is 0.120 e. The van der Waals surface area contributed by atoms with E-state index in [0.29, 0.717) is 11.4 Å². The molecule has 0 saturated heterocycles. The zero-order chi connectivity index (χ0) is 11.5. The average Bonchev–Trinajstić information content (AvgIpc) is 2.27. The molecule has 3 heteroatoms. The molecule has 1 aromatic rings. The van der Waals surface area contributed by atoms with Gasteiger partial charge in [-0.25, -0.2) is 0 Å². The zero-order valence-electron chi connectivity index (χ0n) is 9.61. The Balaban J connectivity index is 2.06. The van der Waals surface area contributed by atoms with Gasteiger partial charge in [0.1, 0.15) is 5.75 Å². The summed E-state index contributed by atoms with van der Waals surface area (Å²) >= 11 is 0. The topological polar surface area (TPSA) is 49.5 Å². The lowest BCUT2D eigenvalue weighted by Crippen LogP contribution is -2.27. The van der Waals surface area contributed by atoms with Crippen LogP contribution < -0.4 is 5.73 Å². The van der Waals surface area contributed by atoms with E-state index in [-0.39, 0.29) is 0 Å². The van der Waals surface area contributed by atoms with Crippen LogP contribution in [-0.4, -0.2) is 23.1 Å². The van der Waals surface area contributed by atoms with Crippen molar-refractivity contribution in [1.29, 1.82) is 0 Å². The van der Waals surface area contributed by atoms with Crippen LogP contribution in [0.15, 0.2) is 29.8 Å². The van der Waals surface area contributed by atoms with Crippen LogP contribution in [-0.2, 0) is 6.54 Å². The molecule has 86 valence electrons. The van der Waals surface area contributed by atoms with Crippen LogP contribution in [0.4, 0.5) is 5.69 Å². The van der Waals surface area contributed by atoms with Crippen molar-refractivity contribution in [1.82, 2.24) is 4.90 Å². The molecule has 0 aromatic heterocycles. The minimum Gasteiger partial charge on any atom is -0.508 e. The Hall–Kier alpha value is -1.48. The summed E-state index contributed by atoms with van der Waals surface area (Å²) in [5, 5.41) is 9.72. The summed E-state index contributed by atoms with van der Waals surface area (Å²) in [4.78, 5) is 2.31. The first-order chi connectivity index (χ1) is 7.65. The monoisotopic (exact) mass is 218 g/mol. The molecule has 1 heterocycles. The quantitative estimate of drug-likeness (QED) is 0.454. The third-order valence-corrected chi connectivity index (χ3v) is 3.02. The number of nitrogen functional groups attached to an aromatic ring is 1. The predicted molar refractivity (Wildman–Crippen MR) is 66.2 cm³/mol. The lowest BCUT2D eigenvalue weighted by molar-refractivity contribution is 0.281. The number of phenols is 1. The van der Waals surface area contributed by atoms with Gasteiger partial charge in [-0.05, 0) is 31.5 Å². The minimum absolute atomic E-state index is 0.334. The van der Waals surface area contributed by atoms with E-state index in [0.717, 1.165) is 31.6 Å². The van der Waals surface area contributed by atoms with Gasteiger partial charge in [0.2, 0.25) is 0 Å². The number of phenolic OH excluding ortho intramolecular Hbond substituents is 1. The predicted octanol–water partition coefficient (Wildman–Crippen LogP) is 2.13. The number of hydrogen-bond acceptors (Lipinski definition) is 3. The summed E-state index contributed by atoms with van der Waals surface area (Å²) in [6.45, 7) is 4.94. The summed E-state index contributed by atoms with van der Waals surface area (Å²) < 4.78 is 0. The van der Waals surface area contributed by atoms with Crippen molar-refractivity contribution in [2.45, 2.75) is 19.9 Å². The second-order valence-electron chi connectivity index (χ2n) is 4.42. The molecule has 2 rings (SSSR count). The molecular weight excluding hydrogens is 200 g/mol. The highest BCUT2D eigenvalue weighted by molar-refractivity contribution is 5.47. The summed E-state index contributed by atoms with van der Waals surface area (Å²) in [7, 11) is 0. The molecule has 16 heavy (non-hydrogen) atoms. The molecule has 0 spiro atoms. The molecule has 0 unspecified atom stereocenters. The SMILES string of the molecule is CC1=CCN(Cc2cc(N)ccc2O)CC1. The lowest BCUT2D eigenvalue weighted by atomic mass is 10.1. The Morgan fingerprint density at radius 2 is 2.25 bits per heavy atom. The molecule has 1 aliphatic heterocycles. The van der Waals surface area contributed by atoms with Gasteiger partial charge in [-0.1, -0.05) is 11.6 Å². The van der Waals surface area contributed by atoms with E-state index in [4.69, 9.17) is 5.73 Å². The molecule has 0 bridgehead atoms. The molecule has 0 aliphatic carbocycles. The fourth-order valence-corrected chi connectivity index (χ4v) is 1.93. The van der Waals surface area contributed by atoms with Gasteiger partial charge in [0, 0.05) is 30.9 Å². The molecule has 0 saturated carbocycles. The first-order valence-electron chi connectivity index (χ1n) is 5.60. The van der Waals surface area contributed by atoms with E-state index in [1.165, 1.54) is 5.57 Å². The van der Waals surface area contributed by atoms with Crippen LogP contribution in [0.3, 0.4) is 0 Å². The van der Waals surface area contributed by atoms with Crippen LogP contribution in [0.5, 0.6) is 5.75 Å². The molecule has 0 amide bonds. The van der Waals surface area contributed by atoms with Crippen LogP contribution >= 0.6 is 0 Å². The molecule has 1 aliphatic rings. The normalized spacial score (nSPS) is 17.2. The Morgan fingerprint density at radius 1 is 1.44 bits per heavy atom. The van der Waals surface area contributed by atoms with Crippen molar-refractivity contribution in [2.75, 3.05) is 18.8 Å². The van der Waals surface area contributed by atoms with Crippen molar-refractivity contribution in [3.63, 3.8) is 0 Å². The van der Waals surface area contributed by atoms with Crippen LogP contribution in [0.2, 0.25) is 0 Å². The molecule has 0 atom stereocenters. The molecule has 0 radical (unpaired) electrons. The average molecular weight is 218 g/mol. The van der Waals surface area contributed by atoms with E-state index in [2.05, 4.69) is 17.9 Å². The van der Waals surface area contributed by atoms with E-state index in [9.17, 15) is 5.11 Å². The highest BCUT2D eigenvalue weighted by Gasteiger charge is 2.11. The fraction of sp³-hybridized carbons (Fsp3) is 0.385. The van der Waals surface area contributed by atoms with Crippen LogP contribution in [0, 0.1) is 0 Å². The first kappa shape index (κ1) is 11.0. The van der Waals surface area contributed by atoms with E-state index < -0.39 is 0 Å². The van der Waals surface area contributed by atoms with Crippen molar-refractivity contribution in [3.05, 3.63) is 35.4 Å². The maximum atomic E-state index is 9.72. The third kappa shape index (κ3) is 2.55. The third-order valence-electron chi connectivity index (χ3n) is 3.02. The second kappa shape index (κ2) is 4.58. The largest absolute Gasteiger partial charge is 0.508 e. The van der Waals surface area contributed by atoms with Crippen molar-refractivity contribution in [3.8, 4) is 5.75 Å². The van der Waals surface area contributed by atoms with Crippen molar-refractivity contribution >= 4 is 5.69 Å². The fourth-order valence-electron chi connectivity index (χ4n) is 1.93. The maximum Gasteiger partial charge on any atom is 0.120 e. The van der Waals surface area contributed by atoms with Gasteiger partial charge < -0.3 is 10.8 Å². The number of rotatable bonds is 2. The maximum absolute atomic E-state index is 9.72. The highest BCUT2D eigenvalue weighted by atomic mass is 16.3. The molecule has 0 fully saturated rings. The standard InChI is InChI=1S/C13H18N2O/c1-10-4-6-15(7-5-10)9-11-8-12(14)2-3-13(11)16/h2-4,8,16H,5-7,9,14H2,1H3. The molecule has 3 nitrogen and oxygen atoms in total. The number of anilines is 1. The van der Waals surface area contributed by atoms with E-state index in [1.807, 2.05) is 6.07 Å². The minimum atomic E-state index is 0.334. The number of benzene rings is 1. The Morgan fingerprint density at radius 3 is 2.94 bits per heavy atom. The summed E-state index contributed by atoms with van der Waals surface area (Å²) in [6, 6.07) is 5.23. The number of nitrogens with zero attached hydrogens (tertiary/aromatic N) is 1. The number of nitrogens with two attached hydrogens (primary N) is 1. The Labute approximate surface area is 96.2 Å². The van der Waals surface area contributed by atoms with E-state index >= 15 is 0 Å². The zero-order valence-corrected chi connectivity index (χ0v) is 9.61. The van der Waals surface area contributed by atoms with E-state index in [1.54, 1.807) is 12.1 Å². The Bertz CT molecular complexity index is 412. The molecule has 1 aromatic carbocycles.